The van der Waals surface area contributed by atoms with Gasteiger partial charge in [-0.05, 0) is 18.2 Å². The second kappa shape index (κ2) is 6.40. The molecule has 0 heterocycles. The van der Waals surface area contributed by atoms with E-state index < -0.39 is 18.0 Å². The third kappa shape index (κ3) is 4.47. The Labute approximate surface area is 111 Å². The second-order valence-corrected chi connectivity index (χ2v) is 4.42. The molecule has 0 bridgehead atoms. The van der Waals surface area contributed by atoms with E-state index in [2.05, 4.69) is 21.2 Å². The number of hydrogen-bond acceptors (Lipinski definition) is 3. The molecule has 18 heavy (non-hydrogen) atoms. The lowest BCUT2D eigenvalue weighted by Gasteiger charge is -2.16. The number of nitrogens with one attached hydrogen (secondary N) is 1. The third-order valence-corrected chi connectivity index (χ3v) is 2.68. The van der Waals surface area contributed by atoms with Gasteiger partial charge >= 0.3 is 6.18 Å². The van der Waals surface area contributed by atoms with Crippen LogP contribution in [-0.4, -0.2) is 27.1 Å². The highest BCUT2D eigenvalue weighted by Gasteiger charge is 2.31. The predicted molar refractivity (Wildman–Crippen MR) is 65.4 cm³/mol. The zero-order valence-corrected chi connectivity index (χ0v) is 11.4. The van der Waals surface area contributed by atoms with Crippen LogP contribution >= 0.6 is 15.9 Å². The van der Waals surface area contributed by atoms with E-state index in [4.69, 9.17) is 9.47 Å². The van der Waals surface area contributed by atoms with Gasteiger partial charge in [0.1, 0.15) is 0 Å². The van der Waals surface area contributed by atoms with E-state index in [1.807, 2.05) is 0 Å². The number of ether oxygens (including phenoxy) is 2. The van der Waals surface area contributed by atoms with Crippen LogP contribution < -0.4 is 5.32 Å². The quantitative estimate of drug-likeness (QED) is 0.840. The van der Waals surface area contributed by atoms with Crippen molar-refractivity contribution in [2.24, 2.45) is 0 Å². The van der Waals surface area contributed by atoms with Crippen LogP contribution in [0, 0.1) is 0 Å². The normalized spacial score (nSPS) is 11.9. The van der Waals surface area contributed by atoms with Crippen LogP contribution in [0.4, 0.5) is 18.9 Å². The van der Waals surface area contributed by atoms with Crippen molar-refractivity contribution < 1.29 is 22.6 Å². The maximum atomic E-state index is 12.6. The summed E-state index contributed by atoms with van der Waals surface area (Å²) < 4.78 is 48.0. The molecule has 0 saturated carbocycles. The Bertz CT molecular complexity index is 394. The van der Waals surface area contributed by atoms with Crippen molar-refractivity contribution in [3.63, 3.8) is 0 Å². The molecule has 0 aliphatic carbocycles. The molecule has 0 aliphatic heterocycles. The van der Waals surface area contributed by atoms with Gasteiger partial charge in [0.2, 0.25) is 0 Å². The Morgan fingerprint density at radius 1 is 1.22 bits per heavy atom. The average molecular weight is 328 g/mol. The van der Waals surface area contributed by atoms with Gasteiger partial charge in [-0.25, -0.2) is 0 Å². The molecule has 0 unspecified atom stereocenters. The minimum atomic E-state index is -4.37. The number of rotatable bonds is 5. The van der Waals surface area contributed by atoms with E-state index in [0.29, 0.717) is 10.2 Å². The van der Waals surface area contributed by atoms with Gasteiger partial charge in [-0.2, -0.15) is 13.2 Å². The molecule has 0 spiro atoms. The molecule has 0 aliphatic rings. The zero-order valence-electron chi connectivity index (χ0n) is 9.84. The predicted octanol–water partition coefficient (Wildman–Crippen LogP) is 3.50. The molecule has 1 aromatic carbocycles. The Morgan fingerprint density at radius 3 is 2.33 bits per heavy atom. The molecule has 3 nitrogen and oxygen atoms in total. The summed E-state index contributed by atoms with van der Waals surface area (Å²) in [7, 11) is 2.91. The van der Waals surface area contributed by atoms with E-state index >= 15 is 0 Å². The standard InChI is InChI=1S/C11H13BrF3NO2/c1-17-10(18-2)6-16-9-4-7(11(13,14)15)3-8(12)5-9/h3-5,10,16H,6H2,1-2H3. The molecular weight excluding hydrogens is 315 g/mol. The SMILES string of the molecule is COC(CNc1cc(Br)cc(C(F)(F)F)c1)OC. The minimum absolute atomic E-state index is 0.251. The summed E-state index contributed by atoms with van der Waals surface area (Å²) in [5, 5.41) is 2.82. The van der Waals surface area contributed by atoms with Crippen molar-refractivity contribution in [2.45, 2.75) is 12.5 Å². The van der Waals surface area contributed by atoms with Crippen LogP contribution in [0.3, 0.4) is 0 Å². The van der Waals surface area contributed by atoms with Crippen LogP contribution in [0.2, 0.25) is 0 Å². The van der Waals surface area contributed by atoms with Gasteiger partial charge in [0, 0.05) is 24.4 Å². The third-order valence-electron chi connectivity index (χ3n) is 2.22. The smallest absolute Gasteiger partial charge is 0.380 e. The summed E-state index contributed by atoms with van der Waals surface area (Å²) in [5.74, 6) is 0. The minimum Gasteiger partial charge on any atom is -0.380 e. The molecule has 0 aromatic heterocycles. The molecule has 102 valence electrons. The summed E-state index contributed by atoms with van der Waals surface area (Å²) in [6, 6.07) is 3.61. The fourth-order valence-corrected chi connectivity index (χ4v) is 1.81. The topological polar surface area (TPSA) is 30.5 Å². The molecule has 0 saturated heterocycles. The Morgan fingerprint density at radius 2 is 1.83 bits per heavy atom. The van der Waals surface area contributed by atoms with E-state index in [9.17, 15) is 13.2 Å². The number of hydrogen-bond donors (Lipinski definition) is 1. The van der Waals surface area contributed by atoms with Gasteiger partial charge in [0.15, 0.2) is 6.29 Å². The molecule has 0 radical (unpaired) electrons. The van der Waals surface area contributed by atoms with E-state index in [1.165, 1.54) is 14.2 Å². The lowest BCUT2D eigenvalue weighted by atomic mass is 10.2. The Hall–Kier alpha value is -0.790. The first kappa shape index (κ1) is 15.3. The molecule has 0 atom stereocenters. The maximum absolute atomic E-state index is 12.6. The summed E-state index contributed by atoms with van der Waals surface area (Å²) in [5.41, 5.74) is -0.374. The number of halogens is 4. The fraction of sp³-hybridized carbons (Fsp3) is 0.455. The van der Waals surface area contributed by atoms with Crippen molar-refractivity contribution in [3.05, 3.63) is 28.2 Å². The van der Waals surface area contributed by atoms with Gasteiger partial charge < -0.3 is 14.8 Å². The molecule has 1 aromatic rings. The molecule has 0 amide bonds. The summed E-state index contributed by atoms with van der Waals surface area (Å²) in [6.45, 7) is 0.251. The van der Waals surface area contributed by atoms with E-state index in [-0.39, 0.29) is 6.54 Å². The molecule has 1 N–H and O–H groups in total. The first-order valence-electron chi connectivity index (χ1n) is 5.04. The van der Waals surface area contributed by atoms with Crippen molar-refractivity contribution in [3.8, 4) is 0 Å². The highest BCUT2D eigenvalue weighted by molar-refractivity contribution is 9.10. The van der Waals surface area contributed by atoms with Crippen LogP contribution in [0.5, 0.6) is 0 Å². The van der Waals surface area contributed by atoms with E-state index in [1.54, 1.807) is 6.07 Å². The first-order chi connectivity index (χ1) is 8.36. The maximum Gasteiger partial charge on any atom is 0.416 e. The van der Waals surface area contributed by atoms with Crippen LogP contribution in [0.15, 0.2) is 22.7 Å². The van der Waals surface area contributed by atoms with Crippen LogP contribution in [0.25, 0.3) is 0 Å². The summed E-state index contributed by atoms with van der Waals surface area (Å²) in [4.78, 5) is 0. The molecule has 0 fully saturated rings. The fourth-order valence-electron chi connectivity index (χ4n) is 1.32. The molecule has 7 heteroatoms. The van der Waals surface area contributed by atoms with Crippen molar-refractivity contribution >= 4 is 21.6 Å². The number of benzene rings is 1. The van der Waals surface area contributed by atoms with Crippen molar-refractivity contribution in [1.29, 1.82) is 0 Å². The lowest BCUT2D eigenvalue weighted by Crippen LogP contribution is -2.23. The average Bonchev–Trinajstić information content (AvgIpc) is 2.28. The number of anilines is 1. The molecule has 1 rings (SSSR count). The van der Waals surface area contributed by atoms with Gasteiger partial charge in [-0.3, -0.25) is 0 Å². The Kier molecular flexibility index (Phi) is 5.43. The Balaban J connectivity index is 2.81. The van der Waals surface area contributed by atoms with E-state index in [0.717, 1.165) is 12.1 Å². The first-order valence-corrected chi connectivity index (χ1v) is 5.83. The highest BCUT2D eigenvalue weighted by Crippen LogP contribution is 2.33. The van der Waals surface area contributed by atoms with Gasteiger partial charge in [-0.1, -0.05) is 15.9 Å². The molecular formula is C11H13BrF3NO2. The zero-order chi connectivity index (χ0) is 13.8. The number of methoxy groups -OCH3 is 2. The lowest BCUT2D eigenvalue weighted by molar-refractivity contribution is -0.137. The number of alkyl halides is 3. The van der Waals surface area contributed by atoms with Gasteiger partial charge in [0.25, 0.3) is 0 Å². The van der Waals surface area contributed by atoms with Crippen LogP contribution in [0.1, 0.15) is 5.56 Å². The van der Waals surface area contributed by atoms with Gasteiger partial charge in [0.05, 0.1) is 12.1 Å². The largest absolute Gasteiger partial charge is 0.416 e. The van der Waals surface area contributed by atoms with Crippen molar-refractivity contribution in [2.75, 3.05) is 26.1 Å². The van der Waals surface area contributed by atoms with Crippen molar-refractivity contribution in [1.82, 2.24) is 0 Å². The monoisotopic (exact) mass is 327 g/mol. The van der Waals surface area contributed by atoms with Gasteiger partial charge in [-0.15, -0.1) is 0 Å². The summed E-state index contributed by atoms with van der Waals surface area (Å²) in [6.07, 6.45) is -4.89. The highest BCUT2D eigenvalue weighted by atomic mass is 79.9. The van der Waals surface area contributed by atoms with Crippen LogP contribution in [-0.2, 0) is 15.7 Å². The summed E-state index contributed by atoms with van der Waals surface area (Å²) >= 11 is 3.04. The second-order valence-electron chi connectivity index (χ2n) is 3.51.